The molecule has 0 radical (unpaired) electrons. The first-order chi connectivity index (χ1) is 16.2. The molecule has 0 saturated heterocycles. The molecule has 1 aliphatic rings. The molecule has 1 unspecified atom stereocenters. The summed E-state index contributed by atoms with van der Waals surface area (Å²) < 4.78 is 1.78. The molecule has 2 heterocycles. The lowest BCUT2D eigenvalue weighted by atomic mass is 10.0. The molecule has 5 rings (SSSR count). The molecule has 0 bridgehead atoms. The van der Waals surface area contributed by atoms with Gasteiger partial charge in [0.2, 0.25) is 5.95 Å². The first kappa shape index (κ1) is 20.7. The molecular formula is C26H20ClN5O. The van der Waals surface area contributed by atoms with Gasteiger partial charge in [-0.2, -0.15) is 4.98 Å². The minimum atomic E-state index is -0.319. The third-order valence-electron chi connectivity index (χ3n) is 5.22. The fourth-order valence-corrected chi connectivity index (χ4v) is 3.74. The van der Waals surface area contributed by atoms with Gasteiger partial charge in [0.15, 0.2) is 0 Å². The second-order valence-electron chi connectivity index (χ2n) is 7.50. The van der Waals surface area contributed by atoms with E-state index in [9.17, 15) is 4.79 Å². The van der Waals surface area contributed by atoms with Gasteiger partial charge in [-0.1, -0.05) is 84.4 Å². The minimum Gasteiger partial charge on any atom is -0.324 e. The molecule has 33 heavy (non-hydrogen) atoms. The summed E-state index contributed by atoms with van der Waals surface area (Å²) in [5.41, 5.74) is 3.92. The van der Waals surface area contributed by atoms with E-state index in [1.54, 1.807) is 22.9 Å². The van der Waals surface area contributed by atoms with Crippen molar-refractivity contribution in [2.24, 2.45) is 0 Å². The van der Waals surface area contributed by atoms with Gasteiger partial charge >= 0.3 is 0 Å². The Morgan fingerprint density at radius 1 is 0.970 bits per heavy atom. The van der Waals surface area contributed by atoms with Gasteiger partial charge in [0.05, 0.1) is 0 Å². The standard InChI is InChI=1S/C26H20ClN5O/c27-21-14-11-18(12-15-21)13-16-24(33)29-25-30-26-28-22(19-7-3-1-4-8-19)17-23(32(26)31-25)20-9-5-2-6-10-20/h1-17,23H,(H2,28,29,30,31,33). The van der Waals surface area contributed by atoms with Gasteiger partial charge in [-0.25, -0.2) is 4.68 Å². The number of fused-ring (bicyclic) bond motifs is 1. The third kappa shape index (κ3) is 4.71. The van der Waals surface area contributed by atoms with E-state index >= 15 is 0 Å². The first-order valence-electron chi connectivity index (χ1n) is 10.5. The van der Waals surface area contributed by atoms with Crippen molar-refractivity contribution in [3.63, 3.8) is 0 Å². The Hall–Kier alpha value is -4.16. The maximum Gasteiger partial charge on any atom is 0.250 e. The molecule has 0 aliphatic carbocycles. The summed E-state index contributed by atoms with van der Waals surface area (Å²) in [5, 5.41) is 11.3. The monoisotopic (exact) mass is 453 g/mol. The van der Waals surface area contributed by atoms with Crippen LogP contribution >= 0.6 is 11.6 Å². The number of hydrogen-bond acceptors (Lipinski definition) is 4. The van der Waals surface area contributed by atoms with Crippen LogP contribution in [0.3, 0.4) is 0 Å². The van der Waals surface area contributed by atoms with Gasteiger partial charge in [0.25, 0.3) is 11.9 Å². The van der Waals surface area contributed by atoms with E-state index in [2.05, 4.69) is 26.8 Å². The van der Waals surface area contributed by atoms with Crippen LogP contribution in [0.15, 0.2) is 97.1 Å². The maximum atomic E-state index is 12.5. The van der Waals surface area contributed by atoms with Gasteiger partial charge < -0.3 is 5.32 Å². The average molecular weight is 454 g/mol. The Morgan fingerprint density at radius 3 is 2.39 bits per heavy atom. The lowest BCUT2D eigenvalue weighted by Gasteiger charge is -2.24. The molecule has 1 atom stereocenters. The molecule has 0 fully saturated rings. The summed E-state index contributed by atoms with van der Waals surface area (Å²) in [6.07, 6.45) is 5.26. The Morgan fingerprint density at radius 2 is 1.67 bits per heavy atom. The normalized spacial score (nSPS) is 14.9. The number of allylic oxidation sites excluding steroid dienone is 1. The van der Waals surface area contributed by atoms with Crippen molar-refractivity contribution in [2.75, 3.05) is 10.6 Å². The number of carbonyl (C=O) groups excluding carboxylic acids is 1. The highest BCUT2D eigenvalue weighted by atomic mass is 35.5. The molecule has 1 aliphatic heterocycles. The predicted octanol–water partition coefficient (Wildman–Crippen LogP) is 5.64. The number of anilines is 2. The summed E-state index contributed by atoms with van der Waals surface area (Å²) >= 11 is 5.90. The molecule has 162 valence electrons. The molecule has 0 spiro atoms. The summed E-state index contributed by atoms with van der Waals surface area (Å²) in [6.45, 7) is 0. The Balaban J connectivity index is 1.41. The molecule has 6 nitrogen and oxygen atoms in total. The average Bonchev–Trinajstić information content (AvgIpc) is 3.26. The number of carbonyl (C=O) groups is 1. The zero-order valence-electron chi connectivity index (χ0n) is 17.5. The highest BCUT2D eigenvalue weighted by molar-refractivity contribution is 6.30. The van der Waals surface area contributed by atoms with E-state index in [0.717, 1.165) is 22.4 Å². The number of aromatic nitrogens is 3. The number of nitrogens with one attached hydrogen (secondary N) is 2. The number of nitrogens with zero attached hydrogens (tertiary/aromatic N) is 3. The van der Waals surface area contributed by atoms with Crippen molar-refractivity contribution in [1.82, 2.24) is 14.8 Å². The maximum absolute atomic E-state index is 12.5. The van der Waals surface area contributed by atoms with E-state index in [1.165, 1.54) is 6.08 Å². The van der Waals surface area contributed by atoms with Crippen molar-refractivity contribution in [2.45, 2.75) is 6.04 Å². The Kier molecular flexibility index (Phi) is 5.74. The number of halogens is 1. The highest BCUT2D eigenvalue weighted by Gasteiger charge is 2.25. The smallest absolute Gasteiger partial charge is 0.250 e. The highest BCUT2D eigenvalue weighted by Crippen LogP contribution is 2.33. The zero-order valence-corrected chi connectivity index (χ0v) is 18.3. The van der Waals surface area contributed by atoms with E-state index in [4.69, 9.17) is 11.6 Å². The van der Waals surface area contributed by atoms with Crippen LogP contribution in [0.4, 0.5) is 11.9 Å². The van der Waals surface area contributed by atoms with Gasteiger partial charge in [-0.05, 0) is 41.0 Å². The Bertz CT molecular complexity index is 1330. The predicted molar refractivity (Wildman–Crippen MR) is 132 cm³/mol. The largest absolute Gasteiger partial charge is 0.324 e. The van der Waals surface area contributed by atoms with Crippen LogP contribution in [-0.2, 0) is 4.79 Å². The number of benzene rings is 3. The Labute approximate surface area is 196 Å². The van der Waals surface area contributed by atoms with Crippen molar-refractivity contribution < 1.29 is 4.79 Å². The minimum absolute atomic E-state index is 0.166. The molecule has 1 amide bonds. The number of rotatable bonds is 5. The summed E-state index contributed by atoms with van der Waals surface area (Å²) in [7, 11) is 0. The van der Waals surface area contributed by atoms with Gasteiger partial charge in [0, 0.05) is 16.8 Å². The van der Waals surface area contributed by atoms with Crippen molar-refractivity contribution in [3.05, 3.63) is 119 Å². The van der Waals surface area contributed by atoms with Gasteiger partial charge in [-0.3, -0.25) is 10.1 Å². The SMILES string of the molecule is O=C(C=Cc1ccc(Cl)cc1)Nc1nc2n(n1)C(c1ccccc1)C=C(c1ccccc1)N2. The molecular weight excluding hydrogens is 434 g/mol. The quantitative estimate of drug-likeness (QED) is 0.383. The summed E-state index contributed by atoms with van der Waals surface area (Å²) in [6, 6.07) is 27.2. The van der Waals surface area contributed by atoms with E-state index in [0.29, 0.717) is 11.0 Å². The third-order valence-corrected chi connectivity index (χ3v) is 5.48. The molecule has 4 aromatic rings. The number of amides is 1. The van der Waals surface area contributed by atoms with Crippen molar-refractivity contribution in [1.29, 1.82) is 0 Å². The molecule has 1 aromatic heterocycles. The topological polar surface area (TPSA) is 71.8 Å². The van der Waals surface area contributed by atoms with Crippen LogP contribution in [0, 0.1) is 0 Å². The van der Waals surface area contributed by atoms with Crippen LogP contribution < -0.4 is 10.6 Å². The fourth-order valence-electron chi connectivity index (χ4n) is 3.62. The summed E-state index contributed by atoms with van der Waals surface area (Å²) in [5.74, 6) is 0.467. The second-order valence-corrected chi connectivity index (χ2v) is 7.94. The second kappa shape index (κ2) is 9.14. The number of hydrogen-bond donors (Lipinski definition) is 2. The van der Waals surface area contributed by atoms with E-state index in [1.807, 2.05) is 72.8 Å². The van der Waals surface area contributed by atoms with E-state index < -0.39 is 0 Å². The lowest BCUT2D eigenvalue weighted by Crippen LogP contribution is -2.20. The molecule has 0 saturated carbocycles. The molecule has 7 heteroatoms. The van der Waals surface area contributed by atoms with Crippen molar-refractivity contribution >= 4 is 41.2 Å². The van der Waals surface area contributed by atoms with Gasteiger partial charge in [-0.15, -0.1) is 5.10 Å². The lowest BCUT2D eigenvalue weighted by molar-refractivity contribution is -0.111. The fraction of sp³-hybridized carbons (Fsp3) is 0.0385. The molecule has 3 aromatic carbocycles. The zero-order chi connectivity index (χ0) is 22.6. The van der Waals surface area contributed by atoms with Crippen LogP contribution in [0.1, 0.15) is 22.7 Å². The molecule has 2 N–H and O–H groups in total. The summed E-state index contributed by atoms with van der Waals surface area (Å²) in [4.78, 5) is 17.0. The van der Waals surface area contributed by atoms with Gasteiger partial charge in [0.1, 0.15) is 6.04 Å². The van der Waals surface area contributed by atoms with E-state index in [-0.39, 0.29) is 17.9 Å². The van der Waals surface area contributed by atoms with Crippen LogP contribution in [0.25, 0.3) is 11.8 Å². The van der Waals surface area contributed by atoms with Crippen molar-refractivity contribution in [3.8, 4) is 0 Å². The van der Waals surface area contributed by atoms with Crippen LogP contribution in [0.5, 0.6) is 0 Å². The van der Waals surface area contributed by atoms with Crippen LogP contribution in [-0.4, -0.2) is 20.7 Å². The van der Waals surface area contributed by atoms with Crippen LogP contribution in [0.2, 0.25) is 5.02 Å². The first-order valence-corrected chi connectivity index (χ1v) is 10.8.